The zero-order chi connectivity index (χ0) is 19.1. The predicted octanol–water partition coefficient (Wildman–Crippen LogP) is 4.69. The number of nitrogens with zero attached hydrogens (tertiary/aromatic N) is 2. The third kappa shape index (κ3) is 5.54. The van der Waals surface area contributed by atoms with Crippen molar-refractivity contribution in [2.45, 2.75) is 18.1 Å². The van der Waals surface area contributed by atoms with Crippen LogP contribution in [0.5, 0.6) is 0 Å². The van der Waals surface area contributed by atoms with Gasteiger partial charge < -0.3 is 9.88 Å². The van der Waals surface area contributed by atoms with Gasteiger partial charge in [0.25, 0.3) is 0 Å². The van der Waals surface area contributed by atoms with Crippen molar-refractivity contribution in [3.8, 4) is 0 Å². The topological polar surface area (TPSA) is 46.9 Å². The van der Waals surface area contributed by atoms with Gasteiger partial charge in [-0.05, 0) is 42.8 Å². The van der Waals surface area contributed by atoms with Crippen molar-refractivity contribution in [2.24, 2.45) is 7.05 Å². The predicted molar refractivity (Wildman–Crippen MR) is 114 cm³/mol. The number of halogens is 1. The van der Waals surface area contributed by atoms with Gasteiger partial charge >= 0.3 is 0 Å². The lowest BCUT2D eigenvalue weighted by molar-refractivity contribution is 0.103. The van der Waals surface area contributed by atoms with Gasteiger partial charge in [-0.3, -0.25) is 4.79 Å². The van der Waals surface area contributed by atoms with Crippen LogP contribution in [0, 0.1) is 0 Å². The fraction of sp³-hybridized carbons (Fsp3) is 0.238. The van der Waals surface area contributed by atoms with Crippen LogP contribution in [0.3, 0.4) is 0 Å². The Labute approximate surface area is 172 Å². The van der Waals surface area contributed by atoms with Crippen LogP contribution in [-0.2, 0) is 13.6 Å². The van der Waals surface area contributed by atoms with E-state index in [1.54, 1.807) is 18.0 Å². The molecule has 27 heavy (non-hydrogen) atoms. The number of imidazole rings is 1. The van der Waals surface area contributed by atoms with E-state index in [9.17, 15) is 4.79 Å². The van der Waals surface area contributed by atoms with E-state index < -0.39 is 0 Å². The Kier molecular flexibility index (Phi) is 7.26. The van der Waals surface area contributed by atoms with Gasteiger partial charge in [-0.2, -0.15) is 0 Å². The molecule has 0 aliphatic heterocycles. The first kappa shape index (κ1) is 19.9. The van der Waals surface area contributed by atoms with E-state index in [-0.39, 0.29) is 5.78 Å². The summed E-state index contributed by atoms with van der Waals surface area (Å²) in [5.74, 6) is 0.951. The van der Waals surface area contributed by atoms with Crippen LogP contribution < -0.4 is 5.32 Å². The SMILES string of the molecule is Cn1c(C(=O)c2ccc(Br)cc2)cnc1SCCCNCc1ccccc1. The molecule has 140 valence electrons. The molecule has 4 nitrogen and oxygen atoms in total. The van der Waals surface area contributed by atoms with Gasteiger partial charge in [0, 0.05) is 29.4 Å². The van der Waals surface area contributed by atoms with Crippen molar-refractivity contribution in [3.05, 3.63) is 82.1 Å². The zero-order valence-corrected chi connectivity index (χ0v) is 17.6. The normalized spacial score (nSPS) is 10.9. The first-order chi connectivity index (χ1) is 13.1. The van der Waals surface area contributed by atoms with E-state index in [4.69, 9.17) is 0 Å². The van der Waals surface area contributed by atoms with Crippen LogP contribution in [0.2, 0.25) is 0 Å². The van der Waals surface area contributed by atoms with Gasteiger partial charge in [0.1, 0.15) is 5.69 Å². The van der Waals surface area contributed by atoms with Gasteiger partial charge in [-0.1, -0.05) is 58.0 Å². The molecule has 0 bridgehead atoms. The Balaban J connectivity index is 1.46. The van der Waals surface area contributed by atoms with Crippen molar-refractivity contribution < 1.29 is 4.79 Å². The molecular formula is C21H22BrN3OS. The Hall–Kier alpha value is -1.89. The third-order valence-electron chi connectivity index (χ3n) is 4.19. The van der Waals surface area contributed by atoms with Crippen LogP contribution >= 0.6 is 27.7 Å². The summed E-state index contributed by atoms with van der Waals surface area (Å²) >= 11 is 5.07. The van der Waals surface area contributed by atoms with Crippen molar-refractivity contribution in [2.75, 3.05) is 12.3 Å². The molecule has 1 N–H and O–H groups in total. The minimum absolute atomic E-state index is 0.00567. The number of hydrogen-bond acceptors (Lipinski definition) is 4. The first-order valence-corrected chi connectivity index (χ1v) is 10.6. The second-order valence-corrected chi connectivity index (χ2v) is 8.16. The average Bonchev–Trinajstić information content (AvgIpc) is 3.06. The second kappa shape index (κ2) is 9.88. The molecule has 1 aromatic heterocycles. The highest BCUT2D eigenvalue weighted by Crippen LogP contribution is 2.20. The van der Waals surface area contributed by atoms with Crippen LogP contribution in [0.25, 0.3) is 0 Å². The lowest BCUT2D eigenvalue weighted by Crippen LogP contribution is -2.15. The van der Waals surface area contributed by atoms with Crippen LogP contribution in [0.1, 0.15) is 28.0 Å². The number of aromatic nitrogens is 2. The highest BCUT2D eigenvalue weighted by molar-refractivity contribution is 9.10. The summed E-state index contributed by atoms with van der Waals surface area (Å²) in [6, 6.07) is 17.8. The van der Waals surface area contributed by atoms with E-state index >= 15 is 0 Å². The monoisotopic (exact) mass is 443 g/mol. The van der Waals surface area contributed by atoms with E-state index in [2.05, 4.69) is 50.5 Å². The molecule has 0 unspecified atom stereocenters. The summed E-state index contributed by atoms with van der Waals surface area (Å²) in [7, 11) is 1.90. The number of thioether (sulfide) groups is 1. The Bertz CT molecular complexity index is 878. The molecule has 0 saturated carbocycles. The molecule has 2 aromatic carbocycles. The standard InChI is InChI=1S/C21H22BrN3OS/c1-25-19(20(26)17-8-10-18(22)11-9-17)15-24-21(25)27-13-5-12-23-14-16-6-3-2-4-7-16/h2-4,6-11,15,23H,5,12-14H2,1H3. The fourth-order valence-corrected chi connectivity index (χ4v) is 3.83. The zero-order valence-electron chi connectivity index (χ0n) is 15.2. The van der Waals surface area contributed by atoms with Crippen LogP contribution in [0.15, 0.2) is 70.4 Å². The Morgan fingerprint density at radius 2 is 1.89 bits per heavy atom. The maximum Gasteiger partial charge on any atom is 0.211 e. The quantitative estimate of drug-likeness (QED) is 0.296. The van der Waals surface area contributed by atoms with Crippen molar-refractivity contribution in [1.82, 2.24) is 14.9 Å². The highest BCUT2D eigenvalue weighted by Gasteiger charge is 2.16. The number of carbonyl (C=O) groups excluding carboxylic acids is 1. The number of ketones is 1. The lowest BCUT2D eigenvalue weighted by atomic mass is 10.1. The molecule has 0 fully saturated rings. The summed E-state index contributed by atoms with van der Waals surface area (Å²) in [4.78, 5) is 17.1. The average molecular weight is 444 g/mol. The molecule has 3 rings (SSSR count). The summed E-state index contributed by atoms with van der Waals surface area (Å²) < 4.78 is 2.84. The molecule has 0 amide bonds. The van der Waals surface area contributed by atoms with Gasteiger partial charge in [0.15, 0.2) is 5.16 Å². The van der Waals surface area contributed by atoms with Crippen molar-refractivity contribution >= 4 is 33.5 Å². The van der Waals surface area contributed by atoms with Gasteiger partial charge in [-0.15, -0.1) is 0 Å². The Morgan fingerprint density at radius 1 is 1.15 bits per heavy atom. The number of rotatable bonds is 9. The summed E-state index contributed by atoms with van der Waals surface area (Å²) in [6.45, 7) is 1.84. The van der Waals surface area contributed by atoms with E-state index in [0.717, 1.165) is 34.9 Å². The number of carbonyl (C=O) groups is 1. The van der Waals surface area contributed by atoms with E-state index in [1.807, 2.05) is 41.9 Å². The van der Waals surface area contributed by atoms with E-state index in [1.165, 1.54) is 5.56 Å². The number of hydrogen-bond donors (Lipinski definition) is 1. The second-order valence-electron chi connectivity index (χ2n) is 6.19. The summed E-state index contributed by atoms with van der Waals surface area (Å²) in [6.07, 6.45) is 2.71. The van der Waals surface area contributed by atoms with Gasteiger partial charge in [0.2, 0.25) is 5.78 Å². The smallest absolute Gasteiger partial charge is 0.211 e. The Morgan fingerprint density at radius 3 is 2.63 bits per heavy atom. The molecule has 0 aliphatic carbocycles. The molecule has 0 spiro atoms. The first-order valence-electron chi connectivity index (χ1n) is 8.84. The molecule has 0 saturated heterocycles. The van der Waals surface area contributed by atoms with Gasteiger partial charge in [0.05, 0.1) is 6.20 Å². The van der Waals surface area contributed by atoms with Crippen molar-refractivity contribution in [1.29, 1.82) is 0 Å². The lowest BCUT2D eigenvalue weighted by Gasteiger charge is -2.06. The minimum atomic E-state index is -0.00567. The third-order valence-corrected chi connectivity index (χ3v) is 5.84. The molecule has 0 radical (unpaired) electrons. The summed E-state index contributed by atoms with van der Waals surface area (Å²) in [5, 5.41) is 4.33. The largest absolute Gasteiger partial charge is 0.319 e. The number of nitrogens with one attached hydrogen (secondary N) is 1. The maximum absolute atomic E-state index is 12.6. The number of benzene rings is 2. The molecule has 1 heterocycles. The molecular weight excluding hydrogens is 422 g/mol. The van der Waals surface area contributed by atoms with Crippen LogP contribution in [0.4, 0.5) is 0 Å². The molecule has 3 aromatic rings. The minimum Gasteiger partial charge on any atom is -0.319 e. The van der Waals surface area contributed by atoms with E-state index in [0.29, 0.717) is 11.3 Å². The molecule has 6 heteroatoms. The van der Waals surface area contributed by atoms with Gasteiger partial charge in [-0.25, -0.2) is 4.98 Å². The molecule has 0 aliphatic rings. The molecule has 0 atom stereocenters. The summed E-state index contributed by atoms with van der Waals surface area (Å²) in [5.41, 5.74) is 2.58. The maximum atomic E-state index is 12.6. The van der Waals surface area contributed by atoms with Crippen LogP contribution in [-0.4, -0.2) is 27.6 Å². The highest BCUT2D eigenvalue weighted by atomic mass is 79.9. The fourth-order valence-electron chi connectivity index (χ4n) is 2.68. The van der Waals surface area contributed by atoms with Crippen molar-refractivity contribution in [3.63, 3.8) is 0 Å².